The van der Waals surface area contributed by atoms with Crippen LogP contribution in [-0.4, -0.2) is 25.2 Å². The Morgan fingerprint density at radius 3 is 2.54 bits per heavy atom. The van der Waals surface area contributed by atoms with Gasteiger partial charge in [0.05, 0.1) is 16.7 Å². The van der Waals surface area contributed by atoms with Gasteiger partial charge < -0.3 is 10.3 Å². The molecule has 1 aromatic carbocycles. The maximum absolute atomic E-state index is 12.7. The van der Waals surface area contributed by atoms with Crippen molar-refractivity contribution in [3.63, 3.8) is 0 Å². The fourth-order valence-electron chi connectivity index (χ4n) is 2.93. The average Bonchev–Trinajstić information content (AvgIpc) is 3.13. The molecular formula is C19H25N5O2. The Hall–Kier alpha value is -2.83. The van der Waals surface area contributed by atoms with E-state index in [-0.39, 0.29) is 17.0 Å². The molecule has 26 heavy (non-hydrogen) atoms. The van der Waals surface area contributed by atoms with Crippen molar-refractivity contribution in [3.8, 4) is 0 Å². The predicted octanol–water partition coefficient (Wildman–Crippen LogP) is 3.12. The molecule has 138 valence electrons. The van der Waals surface area contributed by atoms with E-state index in [0.717, 1.165) is 11.2 Å². The zero-order chi connectivity index (χ0) is 19.1. The van der Waals surface area contributed by atoms with Crippen LogP contribution in [0.3, 0.4) is 0 Å². The Morgan fingerprint density at radius 2 is 1.92 bits per heavy atom. The maximum atomic E-state index is 12.7. The van der Waals surface area contributed by atoms with E-state index in [9.17, 15) is 9.59 Å². The molecule has 0 fully saturated rings. The van der Waals surface area contributed by atoms with Crippen molar-refractivity contribution in [2.45, 2.75) is 53.1 Å². The summed E-state index contributed by atoms with van der Waals surface area (Å²) in [5.41, 5.74) is 2.60. The summed E-state index contributed by atoms with van der Waals surface area (Å²) in [7, 11) is 0. The molecule has 2 aromatic heterocycles. The van der Waals surface area contributed by atoms with Gasteiger partial charge in [-0.3, -0.25) is 9.36 Å². The molecule has 0 atom stereocenters. The van der Waals surface area contributed by atoms with Crippen LogP contribution >= 0.6 is 0 Å². The van der Waals surface area contributed by atoms with Crippen LogP contribution in [0.1, 0.15) is 50.7 Å². The van der Waals surface area contributed by atoms with Crippen molar-refractivity contribution in [1.82, 2.24) is 19.3 Å². The molecule has 1 amide bonds. The third-order valence-corrected chi connectivity index (χ3v) is 4.44. The monoisotopic (exact) mass is 355 g/mol. The number of hydrogen-bond donors (Lipinski definition) is 2. The zero-order valence-corrected chi connectivity index (χ0v) is 15.9. The number of aryl methyl sites for hydroxylation is 2. The van der Waals surface area contributed by atoms with Crippen LogP contribution in [-0.2, 0) is 18.5 Å². The van der Waals surface area contributed by atoms with E-state index in [2.05, 4.69) is 36.2 Å². The SMILES string of the molecule is CCn1nc(C(C)(C)C)cc1NC(=O)c1ccc2c(c1)[nH]c(=O)n2CC. The van der Waals surface area contributed by atoms with Crippen molar-refractivity contribution in [2.75, 3.05) is 5.32 Å². The van der Waals surface area contributed by atoms with E-state index in [4.69, 9.17) is 0 Å². The second-order valence-electron chi connectivity index (χ2n) is 7.34. The van der Waals surface area contributed by atoms with Gasteiger partial charge in [0.2, 0.25) is 0 Å². The van der Waals surface area contributed by atoms with Crippen LogP contribution in [0, 0.1) is 0 Å². The van der Waals surface area contributed by atoms with Crippen molar-refractivity contribution >= 4 is 22.8 Å². The van der Waals surface area contributed by atoms with Gasteiger partial charge in [0.1, 0.15) is 5.82 Å². The van der Waals surface area contributed by atoms with E-state index in [1.807, 2.05) is 19.9 Å². The largest absolute Gasteiger partial charge is 0.326 e. The highest BCUT2D eigenvalue weighted by molar-refractivity contribution is 6.05. The summed E-state index contributed by atoms with van der Waals surface area (Å²) in [5.74, 6) is 0.439. The summed E-state index contributed by atoms with van der Waals surface area (Å²) in [5, 5.41) is 7.51. The Bertz CT molecular complexity index is 1020. The molecule has 0 saturated heterocycles. The minimum absolute atomic E-state index is 0.0959. The van der Waals surface area contributed by atoms with Gasteiger partial charge in [-0.15, -0.1) is 0 Å². The lowest BCUT2D eigenvalue weighted by Crippen LogP contribution is -2.15. The lowest BCUT2D eigenvalue weighted by atomic mass is 9.92. The number of H-pyrrole nitrogens is 1. The highest BCUT2D eigenvalue weighted by Crippen LogP contribution is 2.24. The number of amides is 1. The number of carbonyl (C=O) groups excluding carboxylic acids is 1. The summed E-state index contributed by atoms with van der Waals surface area (Å²) in [4.78, 5) is 27.4. The molecule has 0 spiro atoms. The van der Waals surface area contributed by atoms with Gasteiger partial charge in [0.25, 0.3) is 5.91 Å². The van der Waals surface area contributed by atoms with Crippen LogP contribution < -0.4 is 11.0 Å². The molecule has 3 rings (SSSR count). The van der Waals surface area contributed by atoms with E-state index in [1.165, 1.54) is 0 Å². The fraction of sp³-hybridized carbons (Fsp3) is 0.421. The third-order valence-electron chi connectivity index (χ3n) is 4.44. The lowest BCUT2D eigenvalue weighted by Gasteiger charge is -2.13. The molecule has 7 nitrogen and oxygen atoms in total. The summed E-state index contributed by atoms with van der Waals surface area (Å²) < 4.78 is 3.42. The predicted molar refractivity (Wildman–Crippen MR) is 103 cm³/mol. The Morgan fingerprint density at radius 1 is 1.19 bits per heavy atom. The van der Waals surface area contributed by atoms with Gasteiger partial charge >= 0.3 is 5.69 Å². The minimum Gasteiger partial charge on any atom is -0.307 e. The number of aromatic amines is 1. The maximum Gasteiger partial charge on any atom is 0.326 e. The average molecular weight is 355 g/mol. The van der Waals surface area contributed by atoms with E-state index in [1.54, 1.807) is 27.4 Å². The van der Waals surface area contributed by atoms with Gasteiger partial charge in [-0.1, -0.05) is 20.8 Å². The summed E-state index contributed by atoms with van der Waals surface area (Å²) in [6.07, 6.45) is 0. The molecule has 0 aliphatic heterocycles. The number of benzene rings is 1. The third kappa shape index (κ3) is 3.16. The molecule has 2 N–H and O–H groups in total. The Kier molecular flexibility index (Phi) is 4.48. The van der Waals surface area contributed by atoms with Gasteiger partial charge in [-0.2, -0.15) is 5.10 Å². The molecule has 2 heterocycles. The Balaban J connectivity index is 1.92. The van der Waals surface area contributed by atoms with Gasteiger partial charge in [-0.25, -0.2) is 9.48 Å². The quantitative estimate of drug-likeness (QED) is 0.754. The molecule has 0 aliphatic rings. The first-order valence-electron chi connectivity index (χ1n) is 8.86. The second-order valence-corrected chi connectivity index (χ2v) is 7.34. The molecule has 0 radical (unpaired) electrons. The number of anilines is 1. The van der Waals surface area contributed by atoms with Gasteiger partial charge in [0.15, 0.2) is 0 Å². The van der Waals surface area contributed by atoms with E-state index >= 15 is 0 Å². The minimum atomic E-state index is -0.230. The summed E-state index contributed by atoms with van der Waals surface area (Å²) in [6, 6.07) is 7.14. The van der Waals surface area contributed by atoms with Crippen molar-refractivity contribution in [1.29, 1.82) is 0 Å². The van der Waals surface area contributed by atoms with Crippen LogP contribution in [0.4, 0.5) is 5.82 Å². The zero-order valence-electron chi connectivity index (χ0n) is 15.9. The van der Waals surface area contributed by atoms with Crippen LogP contribution in [0.2, 0.25) is 0 Å². The number of fused-ring (bicyclic) bond motifs is 1. The first-order valence-corrected chi connectivity index (χ1v) is 8.86. The number of nitrogens with zero attached hydrogens (tertiary/aromatic N) is 3. The number of carbonyl (C=O) groups is 1. The van der Waals surface area contributed by atoms with Gasteiger partial charge in [-0.05, 0) is 32.0 Å². The molecule has 0 aliphatic carbocycles. The molecule has 0 saturated carbocycles. The van der Waals surface area contributed by atoms with Crippen molar-refractivity contribution < 1.29 is 4.79 Å². The highest BCUT2D eigenvalue weighted by atomic mass is 16.2. The smallest absolute Gasteiger partial charge is 0.307 e. The molecule has 0 unspecified atom stereocenters. The normalized spacial score (nSPS) is 11.9. The topological polar surface area (TPSA) is 84.7 Å². The van der Waals surface area contributed by atoms with Crippen LogP contribution in [0.5, 0.6) is 0 Å². The number of nitrogens with one attached hydrogen (secondary N) is 2. The van der Waals surface area contributed by atoms with E-state index < -0.39 is 0 Å². The second kappa shape index (κ2) is 6.48. The molecule has 0 bridgehead atoms. The molecular weight excluding hydrogens is 330 g/mol. The Labute approximate surface area is 152 Å². The number of aromatic nitrogens is 4. The number of imidazole rings is 1. The number of rotatable bonds is 4. The standard InChI is InChI=1S/C19H25N5O2/c1-6-23-14-9-8-12(10-13(14)20-18(23)26)17(25)21-16-11-15(19(3,4)5)22-24(16)7-2/h8-11H,6-7H2,1-5H3,(H,20,26)(H,21,25). The van der Waals surface area contributed by atoms with Gasteiger partial charge in [0, 0.05) is 30.1 Å². The first kappa shape index (κ1) is 18.0. The summed E-state index contributed by atoms with van der Waals surface area (Å²) in [6.45, 7) is 11.4. The first-order chi connectivity index (χ1) is 12.2. The molecule has 7 heteroatoms. The number of hydrogen-bond acceptors (Lipinski definition) is 3. The van der Waals surface area contributed by atoms with Crippen molar-refractivity contribution in [3.05, 3.63) is 46.0 Å². The van der Waals surface area contributed by atoms with Crippen LogP contribution in [0.25, 0.3) is 11.0 Å². The van der Waals surface area contributed by atoms with E-state index in [0.29, 0.717) is 30.0 Å². The van der Waals surface area contributed by atoms with Crippen molar-refractivity contribution in [2.24, 2.45) is 0 Å². The van der Waals surface area contributed by atoms with Crippen LogP contribution in [0.15, 0.2) is 29.1 Å². The molecule has 3 aromatic rings. The lowest BCUT2D eigenvalue weighted by molar-refractivity contribution is 0.102. The fourth-order valence-corrected chi connectivity index (χ4v) is 2.93. The highest BCUT2D eigenvalue weighted by Gasteiger charge is 2.21. The summed E-state index contributed by atoms with van der Waals surface area (Å²) >= 11 is 0.